The van der Waals surface area contributed by atoms with Crippen molar-refractivity contribution in [3.8, 4) is 5.69 Å². The van der Waals surface area contributed by atoms with Crippen LogP contribution in [0, 0.1) is 0 Å². The van der Waals surface area contributed by atoms with E-state index >= 15 is 0 Å². The molecule has 0 spiro atoms. The smallest absolute Gasteiger partial charge is 0.255 e. The Morgan fingerprint density at radius 3 is 2.48 bits per heavy atom. The van der Waals surface area contributed by atoms with E-state index in [0.717, 1.165) is 11.1 Å². The molecule has 1 saturated heterocycles. The molecule has 4 rings (SSSR count). The van der Waals surface area contributed by atoms with Crippen molar-refractivity contribution in [1.29, 1.82) is 0 Å². The Kier molecular flexibility index (Phi) is 5.69. The lowest BCUT2D eigenvalue weighted by Crippen LogP contribution is -2.42. The number of rotatable bonds is 5. The summed E-state index contributed by atoms with van der Waals surface area (Å²) in [6.45, 7) is 0.124. The molecule has 0 unspecified atom stereocenters. The lowest BCUT2D eigenvalue weighted by atomic mass is 10.1. The third kappa shape index (κ3) is 4.41. The third-order valence-electron chi connectivity index (χ3n) is 5.36. The van der Waals surface area contributed by atoms with Crippen LogP contribution in [0.25, 0.3) is 16.7 Å². The number of likely N-dealkylation sites (tertiary alicyclic amines) is 1. The normalized spacial score (nSPS) is 15.8. The Labute approximate surface area is 177 Å². The summed E-state index contributed by atoms with van der Waals surface area (Å²) >= 11 is 0. The van der Waals surface area contributed by atoms with Crippen LogP contribution in [0.15, 0.2) is 48.8 Å². The third-order valence-corrected chi connectivity index (χ3v) is 5.36. The number of carbonyl (C=O) groups is 2. The molecule has 1 aliphatic rings. The standard InChI is InChI=1S/C22H22F2N4O3/c23-22(24)6-10-27(11-7-22)21(31)17-13-16-5-9-28(19(16)26-14-17)18-3-1-15(2-4-18)20(30)25-8-12-29/h1-5,9,13-14,29H,6-8,10-12H2,(H,25,30). The topological polar surface area (TPSA) is 87.5 Å². The summed E-state index contributed by atoms with van der Waals surface area (Å²) in [6, 6.07) is 10.5. The Morgan fingerprint density at radius 2 is 1.81 bits per heavy atom. The van der Waals surface area contributed by atoms with E-state index in [1.165, 1.54) is 11.1 Å². The highest BCUT2D eigenvalue weighted by Crippen LogP contribution is 2.29. The van der Waals surface area contributed by atoms with Crippen molar-refractivity contribution in [2.24, 2.45) is 0 Å². The molecule has 1 aliphatic heterocycles. The molecule has 2 amide bonds. The summed E-state index contributed by atoms with van der Waals surface area (Å²) in [5, 5.41) is 12.1. The number of carbonyl (C=O) groups excluding carboxylic acids is 2. The fourth-order valence-electron chi connectivity index (χ4n) is 3.61. The first-order chi connectivity index (χ1) is 14.9. The van der Waals surface area contributed by atoms with E-state index in [-0.39, 0.29) is 50.9 Å². The lowest BCUT2D eigenvalue weighted by Gasteiger charge is -2.31. The first kappa shape index (κ1) is 20.9. The van der Waals surface area contributed by atoms with Gasteiger partial charge in [-0.25, -0.2) is 13.8 Å². The van der Waals surface area contributed by atoms with E-state index in [0.29, 0.717) is 16.8 Å². The second-order valence-corrected chi connectivity index (χ2v) is 7.50. The first-order valence-corrected chi connectivity index (χ1v) is 10.0. The molecule has 0 aliphatic carbocycles. The van der Waals surface area contributed by atoms with Gasteiger partial charge in [-0.2, -0.15) is 0 Å². The zero-order valence-corrected chi connectivity index (χ0v) is 16.7. The molecule has 2 aromatic heterocycles. The van der Waals surface area contributed by atoms with E-state index in [9.17, 15) is 18.4 Å². The molecule has 1 fully saturated rings. The van der Waals surface area contributed by atoms with Gasteiger partial charge >= 0.3 is 0 Å². The molecule has 3 heterocycles. The lowest BCUT2D eigenvalue weighted by molar-refractivity contribution is -0.0494. The molecule has 9 heteroatoms. The number of aliphatic hydroxyl groups is 1. The summed E-state index contributed by atoms with van der Waals surface area (Å²) in [6.07, 6.45) is 2.64. The zero-order valence-electron chi connectivity index (χ0n) is 16.7. The molecular weight excluding hydrogens is 406 g/mol. The maximum Gasteiger partial charge on any atom is 0.255 e. The van der Waals surface area contributed by atoms with Crippen LogP contribution in [0.2, 0.25) is 0 Å². The highest BCUT2D eigenvalue weighted by molar-refractivity contribution is 5.97. The van der Waals surface area contributed by atoms with Crippen molar-refractivity contribution in [3.63, 3.8) is 0 Å². The summed E-state index contributed by atoms with van der Waals surface area (Å²) in [5.41, 5.74) is 2.27. The number of alkyl halides is 2. The van der Waals surface area contributed by atoms with Crippen LogP contribution in [-0.2, 0) is 0 Å². The van der Waals surface area contributed by atoms with Crippen LogP contribution < -0.4 is 5.32 Å². The average molecular weight is 428 g/mol. The predicted molar refractivity (Wildman–Crippen MR) is 111 cm³/mol. The Bertz CT molecular complexity index is 1100. The van der Waals surface area contributed by atoms with Gasteiger partial charge in [0.15, 0.2) is 0 Å². The maximum atomic E-state index is 13.4. The molecule has 0 radical (unpaired) electrons. The van der Waals surface area contributed by atoms with Crippen molar-refractivity contribution in [2.75, 3.05) is 26.2 Å². The van der Waals surface area contributed by atoms with Gasteiger partial charge in [-0.05, 0) is 36.4 Å². The van der Waals surface area contributed by atoms with Gasteiger partial charge in [0, 0.05) is 61.5 Å². The van der Waals surface area contributed by atoms with Gasteiger partial charge in [0.25, 0.3) is 17.7 Å². The molecule has 0 bridgehead atoms. The van der Waals surface area contributed by atoms with Crippen LogP contribution >= 0.6 is 0 Å². The summed E-state index contributed by atoms with van der Waals surface area (Å²) < 4.78 is 28.5. The summed E-state index contributed by atoms with van der Waals surface area (Å²) in [5.74, 6) is -3.27. The fraction of sp³-hybridized carbons (Fsp3) is 0.318. The Hall–Kier alpha value is -3.33. The first-order valence-electron chi connectivity index (χ1n) is 10.0. The molecule has 0 saturated carbocycles. The highest BCUT2D eigenvalue weighted by Gasteiger charge is 2.35. The number of hydrogen-bond donors (Lipinski definition) is 2. The molecule has 3 aromatic rings. The van der Waals surface area contributed by atoms with Crippen LogP contribution in [0.4, 0.5) is 8.78 Å². The fourth-order valence-corrected chi connectivity index (χ4v) is 3.61. The molecular formula is C22H22F2N4O3. The number of amides is 2. The van der Waals surface area contributed by atoms with Gasteiger partial charge in [-0.15, -0.1) is 0 Å². The maximum absolute atomic E-state index is 13.4. The minimum atomic E-state index is -2.70. The van der Waals surface area contributed by atoms with Crippen molar-refractivity contribution in [1.82, 2.24) is 19.8 Å². The van der Waals surface area contributed by atoms with Crippen LogP contribution in [0.5, 0.6) is 0 Å². The van der Waals surface area contributed by atoms with Crippen LogP contribution in [-0.4, -0.2) is 63.5 Å². The molecule has 7 nitrogen and oxygen atoms in total. The summed E-state index contributed by atoms with van der Waals surface area (Å²) in [4.78, 5) is 30.5. The molecule has 1 aromatic carbocycles. The number of benzene rings is 1. The van der Waals surface area contributed by atoms with Gasteiger partial charge in [-0.3, -0.25) is 9.59 Å². The number of hydrogen-bond acceptors (Lipinski definition) is 4. The molecule has 2 N–H and O–H groups in total. The van der Waals surface area contributed by atoms with E-state index in [4.69, 9.17) is 5.11 Å². The number of halogens is 2. The van der Waals surface area contributed by atoms with Crippen molar-refractivity contribution >= 4 is 22.8 Å². The van der Waals surface area contributed by atoms with Gasteiger partial charge in [0.1, 0.15) is 5.65 Å². The number of pyridine rings is 1. The Morgan fingerprint density at radius 1 is 1.10 bits per heavy atom. The van der Waals surface area contributed by atoms with Crippen molar-refractivity contribution < 1.29 is 23.5 Å². The zero-order chi connectivity index (χ0) is 22.0. The van der Waals surface area contributed by atoms with Crippen molar-refractivity contribution in [2.45, 2.75) is 18.8 Å². The minimum Gasteiger partial charge on any atom is -0.395 e. The highest BCUT2D eigenvalue weighted by atomic mass is 19.3. The quantitative estimate of drug-likeness (QED) is 0.654. The predicted octanol–water partition coefficient (Wildman–Crippen LogP) is 2.62. The summed E-state index contributed by atoms with van der Waals surface area (Å²) in [7, 11) is 0. The number of piperidine rings is 1. The second-order valence-electron chi connectivity index (χ2n) is 7.50. The minimum absolute atomic E-state index is 0.0309. The molecule has 0 atom stereocenters. The van der Waals surface area contributed by atoms with Crippen LogP contribution in [0.1, 0.15) is 33.6 Å². The molecule has 31 heavy (non-hydrogen) atoms. The number of nitrogens with one attached hydrogen (secondary N) is 1. The molecule has 162 valence electrons. The average Bonchev–Trinajstić information content (AvgIpc) is 3.20. The van der Waals surface area contributed by atoms with E-state index in [1.807, 2.05) is 16.8 Å². The largest absolute Gasteiger partial charge is 0.395 e. The monoisotopic (exact) mass is 428 g/mol. The number of nitrogens with zero attached hydrogens (tertiary/aromatic N) is 3. The van der Waals surface area contributed by atoms with Gasteiger partial charge in [0.05, 0.1) is 12.2 Å². The number of aliphatic hydroxyl groups excluding tert-OH is 1. The van der Waals surface area contributed by atoms with Gasteiger partial charge in [-0.1, -0.05) is 0 Å². The number of fused-ring (bicyclic) bond motifs is 1. The van der Waals surface area contributed by atoms with Crippen molar-refractivity contribution in [3.05, 3.63) is 59.9 Å². The SMILES string of the molecule is O=C(NCCO)c1ccc(-n2ccc3cc(C(=O)N4CCC(F)(F)CC4)cnc32)cc1. The second kappa shape index (κ2) is 8.43. The van der Waals surface area contributed by atoms with E-state index in [2.05, 4.69) is 10.3 Å². The van der Waals surface area contributed by atoms with Gasteiger partial charge in [0.2, 0.25) is 0 Å². The van der Waals surface area contributed by atoms with E-state index in [1.54, 1.807) is 30.3 Å². The Balaban J connectivity index is 1.53. The van der Waals surface area contributed by atoms with E-state index < -0.39 is 5.92 Å². The van der Waals surface area contributed by atoms with Crippen LogP contribution in [0.3, 0.4) is 0 Å². The van der Waals surface area contributed by atoms with Gasteiger partial charge < -0.3 is 19.9 Å². The number of aromatic nitrogens is 2.